The van der Waals surface area contributed by atoms with Crippen molar-refractivity contribution in [1.82, 2.24) is 5.32 Å². The molecule has 0 aromatic heterocycles. The summed E-state index contributed by atoms with van der Waals surface area (Å²) < 4.78 is 0. The first-order valence-corrected chi connectivity index (χ1v) is 2.50. The fraction of sp³-hybridized carbons (Fsp3) is 1.00. The Hall–Kier alpha value is -0.160. The third-order valence-electron chi connectivity index (χ3n) is 0.847. The minimum absolute atomic E-state index is 0.0757. The van der Waals surface area contributed by atoms with Gasteiger partial charge in [0.05, 0.1) is 19.3 Å². The molecule has 50 valence electrons. The van der Waals surface area contributed by atoms with Crippen LogP contribution in [0.2, 0.25) is 0 Å². The van der Waals surface area contributed by atoms with Gasteiger partial charge in [-0.1, -0.05) is 0 Å². The molecule has 0 aromatic carbocycles. The minimum atomic E-state index is -0.264. The monoisotopic (exact) mass is 120 g/mol. The van der Waals surface area contributed by atoms with E-state index in [9.17, 15) is 0 Å². The number of rotatable bonds is 4. The highest BCUT2D eigenvalue weighted by Crippen LogP contribution is 1.74. The molecule has 0 aromatic rings. The summed E-state index contributed by atoms with van der Waals surface area (Å²) in [7, 11) is 0. The predicted molar refractivity (Wildman–Crippen MR) is 30.1 cm³/mol. The number of aliphatic hydroxyl groups excluding tert-OH is 2. The lowest BCUT2D eigenvalue weighted by molar-refractivity contribution is 0.172. The lowest BCUT2D eigenvalue weighted by Crippen LogP contribution is -2.39. The molecule has 0 rings (SSSR count). The zero-order valence-corrected chi connectivity index (χ0v) is 4.67. The Balaban J connectivity index is 3.07. The summed E-state index contributed by atoms with van der Waals surface area (Å²) >= 11 is 0. The SMILES string of the molecule is NCNC(CO)CO. The highest BCUT2D eigenvalue weighted by Gasteiger charge is 1.99. The van der Waals surface area contributed by atoms with Crippen LogP contribution in [0.4, 0.5) is 0 Å². The molecule has 0 saturated carbocycles. The molecular weight excluding hydrogens is 108 g/mol. The largest absolute Gasteiger partial charge is 0.395 e. The van der Waals surface area contributed by atoms with Crippen LogP contribution in [0.1, 0.15) is 0 Å². The normalized spacial score (nSPS) is 10.5. The van der Waals surface area contributed by atoms with Crippen molar-refractivity contribution in [3.05, 3.63) is 0 Å². The number of hydrogen-bond donors (Lipinski definition) is 4. The van der Waals surface area contributed by atoms with Crippen LogP contribution in [-0.4, -0.2) is 36.1 Å². The molecular formula is C4H12N2O2. The van der Waals surface area contributed by atoms with Gasteiger partial charge in [-0.05, 0) is 0 Å². The molecule has 0 heterocycles. The fourth-order valence-corrected chi connectivity index (χ4v) is 0.354. The lowest BCUT2D eigenvalue weighted by Gasteiger charge is -2.09. The molecule has 0 fully saturated rings. The van der Waals surface area contributed by atoms with E-state index in [4.69, 9.17) is 15.9 Å². The molecule has 0 amide bonds. The molecule has 0 atom stereocenters. The third-order valence-corrected chi connectivity index (χ3v) is 0.847. The van der Waals surface area contributed by atoms with Gasteiger partial charge in [-0.3, -0.25) is 5.32 Å². The number of aliphatic hydroxyl groups is 2. The van der Waals surface area contributed by atoms with Gasteiger partial charge in [0.15, 0.2) is 0 Å². The highest BCUT2D eigenvalue weighted by atomic mass is 16.3. The van der Waals surface area contributed by atoms with E-state index in [-0.39, 0.29) is 25.9 Å². The Kier molecular flexibility index (Phi) is 4.89. The van der Waals surface area contributed by atoms with Gasteiger partial charge in [-0.25, -0.2) is 0 Å². The number of nitrogens with two attached hydrogens (primary N) is 1. The molecule has 0 unspecified atom stereocenters. The first kappa shape index (κ1) is 7.84. The Morgan fingerprint density at radius 3 is 2.00 bits per heavy atom. The molecule has 4 heteroatoms. The molecule has 0 spiro atoms. The van der Waals surface area contributed by atoms with Gasteiger partial charge in [0, 0.05) is 6.67 Å². The maximum atomic E-state index is 8.38. The van der Waals surface area contributed by atoms with Crippen molar-refractivity contribution in [3.63, 3.8) is 0 Å². The zero-order valence-electron chi connectivity index (χ0n) is 4.67. The van der Waals surface area contributed by atoms with Gasteiger partial charge in [0.2, 0.25) is 0 Å². The minimum Gasteiger partial charge on any atom is -0.395 e. The van der Waals surface area contributed by atoms with E-state index in [0.717, 1.165) is 0 Å². The van der Waals surface area contributed by atoms with Crippen molar-refractivity contribution in [3.8, 4) is 0 Å². The number of hydrogen-bond acceptors (Lipinski definition) is 4. The Morgan fingerprint density at radius 1 is 1.38 bits per heavy atom. The summed E-state index contributed by atoms with van der Waals surface area (Å²) in [5, 5.41) is 19.4. The highest BCUT2D eigenvalue weighted by molar-refractivity contribution is 4.59. The van der Waals surface area contributed by atoms with Crippen molar-refractivity contribution >= 4 is 0 Å². The topological polar surface area (TPSA) is 78.5 Å². The molecule has 0 bridgehead atoms. The van der Waals surface area contributed by atoms with Crippen LogP contribution in [0.3, 0.4) is 0 Å². The Bertz CT molecular complexity index is 47.3. The summed E-state index contributed by atoms with van der Waals surface area (Å²) in [6, 6.07) is -0.264. The van der Waals surface area contributed by atoms with Crippen molar-refractivity contribution in [2.75, 3.05) is 19.9 Å². The Labute approximate surface area is 48.3 Å². The molecule has 4 nitrogen and oxygen atoms in total. The third kappa shape index (κ3) is 2.92. The molecule has 0 aliphatic heterocycles. The second-order valence-corrected chi connectivity index (χ2v) is 1.47. The predicted octanol–water partition coefficient (Wildman–Crippen LogP) is -2.15. The molecule has 0 saturated heterocycles. The quantitative estimate of drug-likeness (QED) is 0.319. The molecule has 0 aliphatic carbocycles. The van der Waals surface area contributed by atoms with Crippen LogP contribution in [0.5, 0.6) is 0 Å². The molecule has 0 aliphatic rings. The van der Waals surface area contributed by atoms with E-state index in [1.54, 1.807) is 0 Å². The summed E-state index contributed by atoms with van der Waals surface area (Å²) in [5.74, 6) is 0. The summed E-state index contributed by atoms with van der Waals surface area (Å²) in [4.78, 5) is 0. The summed E-state index contributed by atoms with van der Waals surface area (Å²) in [6.07, 6.45) is 0. The Morgan fingerprint density at radius 2 is 1.88 bits per heavy atom. The standard InChI is InChI=1S/C4H12N2O2/c5-3-6-4(1-7)2-8/h4,6-8H,1-3,5H2. The molecule has 0 radical (unpaired) electrons. The van der Waals surface area contributed by atoms with Gasteiger partial charge in [0.25, 0.3) is 0 Å². The van der Waals surface area contributed by atoms with Crippen LogP contribution in [0.25, 0.3) is 0 Å². The van der Waals surface area contributed by atoms with E-state index in [0.29, 0.717) is 0 Å². The van der Waals surface area contributed by atoms with E-state index in [2.05, 4.69) is 5.32 Å². The second kappa shape index (κ2) is 4.99. The first-order valence-electron chi connectivity index (χ1n) is 2.50. The average Bonchev–Trinajstić information content (AvgIpc) is 1.83. The van der Waals surface area contributed by atoms with Gasteiger partial charge in [-0.15, -0.1) is 0 Å². The van der Waals surface area contributed by atoms with Crippen LogP contribution >= 0.6 is 0 Å². The first-order chi connectivity index (χ1) is 3.85. The maximum absolute atomic E-state index is 8.38. The smallest absolute Gasteiger partial charge is 0.0607 e. The zero-order chi connectivity index (χ0) is 6.41. The van der Waals surface area contributed by atoms with Crippen molar-refractivity contribution in [2.45, 2.75) is 6.04 Å². The summed E-state index contributed by atoms with van der Waals surface area (Å²) in [6.45, 7) is 0.132. The van der Waals surface area contributed by atoms with E-state index >= 15 is 0 Å². The maximum Gasteiger partial charge on any atom is 0.0607 e. The fourth-order valence-electron chi connectivity index (χ4n) is 0.354. The summed E-state index contributed by atoms with van der Waals surface area (Å²) in [5.41, 5.74) is 5.05. The van der Waals surface area contributed by atoms with E-state index in [1.165, 1.54) is 0 Å². The van der Waals surface area contributed by atoms with Crippen molar-refractivity contribution < 1.29 is 10.2 Å². The van der Waals surface area contributed by atoms with Gasteiger partial charge in [0.1, 0.15) is 0 Å². The van der Waals surface area contributed by atoms with Crippen molar-refractivity contribution in [2.24, 2.45) is 5.73 Å². The van der Waals surface area contributed by atoms with E-state index in [1.807, 2.05) is 0 Å². The number of nitrogens with one attached hydrogen (secondary N) is 1. The molecule has 8 heavy (non-hydrogen) atoms. The van der Waals surface area contributed by atoms with Gasteiger partial charge < -0.3 is 15.9 Å². The van der Waals surface area contributed by atoms with Crippen LogP contribution in [0, 0.1) is 0 Å². The molecule has 5 N–H and O–H groups in total. The van der Waals surface area contributed by atoms with Gasteiger partial charge >= 0.3 is 0 Å². The lowest BCUT2D eigenvalue weighted by atomic mass is 10.3. The van der Waals surface area contributed by atoms with Crippen molar-refractivity contribution in [1.29, 1.82) is 0 Å². The van der Waals surface area contributed by atoms with Crippen LogP contribution in [0.15, 0.2) is 0 Å². The second-order valence-electron chi connectivity index (χ2n) is 1.47. The van der Waals surface area contributed by atoms with Crippen LogP contribution < -0.4 is 11.1 Å². The van der Waals surface area contributed by atoms with Gasteiger partial charge in [-0.2, -0.15) is 0 Å². The average molecular weight is 120 g/mol. The van der Waals surface area contributed by atoms with E-state index < -0.39 is 0 Å². The van der Waals surface area contributed by atoms with Crippen LogP contribution in [-0.2, 0) is 0 Å².